The summed E-state index contributed by atoms with van der Waals surface area (Å²) < 4.78 is 0.787. The fourth-order valence-corrected chi connectivity index (χ4v) is 2.50. The molecule has 0 saturated heterocycles. The Morgan fingerprint density at radius 2 is 2.00 bits per heavy atom. The van der Waals surface area contributed by atoms with Crippen molar-refractivity contribution in [1.29, 1.82) is 0 Å². The van der Waals surface area contributed by atoms with Gasteiger partial charge in [0.2, 0.25) is 0 Å². The van der Waals surface area contributed by atoms with Crippen LogP contribution in [-0.2, 0) is 4.79 Å². The van der Waals surface area contributed by atoms with E-state index < -0.39 is 12.0 Å². The van der Waals surface area contributed by atoms with Crippen molar-refractivity contribution in [3.63, 3.8) is 0 Å². The summed E-state index contributed by atoms with van der Waals surface area (Å²) in [5.41, 5.74) is 2.28. The van der Waals surface area contributed by atoms with Gasteiger partial charge in [0.1, 0.15) is 0 Å². The third-order valence-electron chi connectivity index (χ3n) is 2.96. The first-order valence-corrected chi connectivity index (χ1v) is 7.16. The van der Waals surface area contributed by atoms with Gasteiger partial charge in [-0.2, -0.15) is 0 Å². The molecule has 0 aliphatic heterocycles. The molecule has 104 valence electrons. The van der Waals surface area contributed by atoms with Crippen LogP contribution in [0.3, 0.4) is 0 Å². The Bertz CT molecular complexity index is 646. The van der Waals surface area contributed by atoms with Crippen LogP contribution in [-0.4, -0.2) is 11.1 Å². The van der Waals surface area contributed by atoms with Gasteiger partial charge in [-0.25, -0.2) is 4.79 Å². The van der Waals surface area contributed by atoms with E-state index in [1.807, 2.05) is 31.2 Å². The lowest BCUT2D eigenvalue weighted by Crippen LogP contribution is -2.21. The number of carboxylic acids is 1. The van der Waals surface area contributed by atoms with Gasteiger partial charge in [-0.05, 0) is 36.8 Å². The Morgan fingerprint density at radius 1 is 1.30 bits per heavy atom. The van der Waals surface area contributed by atoms with E-state index in [4.69, 9.17) is 11.6 Å². The molecule has 0 heterocycles. The van der Waals surface area contributed by atoms with Crippen molar-refractivity contribution in [2.24, 2.45) is 0 Å². The van der Waals surface area contributed by atoms with Crippen molar-refractivity contribution in [3.8, 4) is 0 Å². The Balaban J connectivity index is 2.40. The smallest absolute Gasteiger partial charge is 0.330 e. The molecule has 2 rings (SSSR count). The molecule has 0 radical (unpaired) electrons. The fraction of sp³-hybridized carbons (Fsp3) is 0.133. The van der Waals surface area contributed by atoms with Crippen molar-refractivity contribution in [1.82, 2.24) is 0 Å². The second-order valence-corrected chi connectivity index (χ2v) is 5.72. The van der Waals surface area contributed by atoms with Crippen LogP contribution < -0.4 is 5.32 Å². The van der Waals surface area contributed by atoms with E-state index in [0.29, 0.717) is 10.6 Å². The van der Waals surface area contributed by atoms with Crippen molar-refractivity contribution < 1.29 is 9.90 Å². The first-order chi connectivity index (χ1) is 9.49. The minimum Gasteiger partial charge on any atom is -0.479 e. The Kier molecular flexibility index (Phi) is 4.68. The van der Waals surface area contributed by atoms with Crippen LogP contribution in [0.2, 0.25) is 5.02 Å². The van der Waals surface area contributed by atoms with Crippen molar-refractivity contribution >= 4 is 39.2 Å². The van der Waals surface area contributed by atoms with Crippen molar-refractivity contribution in [2.75, 3.05) is 5.32 Å². The van der Waals surface area contributed by atoms with Gasteiger partial charge in [-0.1, -0.05) is 45.7 Å². The SMILES string of the molecule is Cc1ccccc1NC(C(=O)O)c1cc(Br)ccc1Cl. The second-order valence-electron chi connectivity index (χ2n) is 4.40. The monoisotopic (exact) mass is 353 g/mol. The lowest BCUT2D eigenvalue weighted by molar-refractivity contribution is -0.138. The van der Waals surface area contributed by atoms with Crippen LogP contribution in [0.25, 0.3) is 0 Å². The number of halogens is 2. The van der Waals surface area contributed by atoms with Gasteiger partial charge in [-0.3, -0.25) is 0 Å². The molecule has 1 atom stereocenters. The molecule has 5 heteroatoms. The molecule has 0 aromatic heterocycles. The average molecular weight is 355 g/mol. The van der Waals surface area contributed by atoms with Gasteiger partial charge >= 0.3 is 5.97 Å². The van der Waals surface area contributed by atoms with E-state index in [1.165, 1.54) is 0 Å². The predicted molar refractivity (Wildman–Crippen MR) is 84.3 cm³/mol. The molecule has 20 heavy (non-hydrogen) atoms. The number of nitrogens with one attached hydrogen (secondary N) is 1. The van der Waals surface area contributed by atoms with E-state index in [-0.39, 0.29) is 0 Å². The quantitative estimate of drug-likeness (QED) is 0.840. The molecule has 0 amide bonds. The number of hydrogen-bond acceptors (Lipinski definition) is 2. The highest BCUT2D eigenvalue weighted by Gasteiger charge is 2.23. The van der Waals surface area contributed by atoms with Crippen LogP contribution in [0.15, 0.2) is 46.9 Å². The summed E-state index contributed by atoms with van der Waals surface area (Å²) in [6.45, 7) is 1.92. The van der Waals surface area contributed by atoms with Gasteiger partial charge < -0.3 is 10.4 Å². The topological polar surface area (TPSA) is 49.3 Å². The van der Waals surface area contributed by atoms with E-state index in [2.05, 4.69) is 21.2 Å². The number of para-hydroxylation sites is 1. The number of aliphatic carboxylic acids is 1. The van der Waals surface area contributed by atoms with Gasteiger partial charge in [0.05, 0.1) is 0 Å². The largest absolute Gasteiger partial charge is 0.479 e. The van der Waals surface area contributed by atoms with Gasteiger partial charge in [0.25, 0.3) is 0 Å². The van der Waals surface area contributed by atoms with Crippen LogP contribution in [0.4, 0.5) is 5.69 Å². The number of aryl methyl sites for hydroxylation is 1. The maximum Gasteiger partial charge on any atom is 0.330 e. The highest BCUT2D eigenvalue weighted by atomic mass is 79.9. The normalized spacial score (nSPS) is 11.9. The summed E-state index contributed by atoms with van der Waals surface area (Å²) in [4.78, 5) is 11.5. The molecule has 0 spiro atoms. The van der Waals surface area contributed by atoms with Gasteiger partial charge in [-0.15, -0.1) is 0 Å². The first-order valence-electron chi connectivity index (χ1n) is 5.99. The van der Waals surface area contributed by atoms with Gasteiger partial charge in [0, 0.05) is 20.7 Å². The Hall–Kier alpha value is -1.52. The molecular weight excluding hydrogens is 342 g/mol. The standard InChI is InChI=1S/C15H13BrClNO2/c1-9-4-2-3-5-13(9)18-14(15(19)20)11-8-10(16)6-7-12(11)17/h2-8,14,18H,1H3,(H,19,20). The summed E-state index contributed by atoms with van der Waals surface area (Å²) in [5, 5.41) is 12.9. The summed E-state index contributed by atoms with van der Waals surface area (Å²) in [6.07, 6.45) is 0. The highest BCUT2D eigenvalue weighted by Crippen LogP contribution is 2.30. The molecule has 2 aromatic rings. The first kappa shape index (κ1) is 14.9. The number of hydrogen-bond donors (Lipinski definition) is 2. The van der Waals surface area contributed by atoms with Crippen LogP contribution in [0.1, 0.15) is 17.2 Å². The molecule has 0 aliphatic rings. The minimum absolute atomic E-state index is 0.418. The number of carboxylic acid groups (broad SMARTS) is 1. The van der Waals surface area contributed by atoms with Crippen molar-refractivity contribution in [3.05, 3.63) is 63.1 Å². The molecule has 2 aromatic carbocycles. The zero-order valence-corrected chi connectivity index (χ0v) is 13.1. The molecule has 0 aliphatic carbocycles. The third-order valence-corrected chi connectivity index (χ3v) is 3.80. The molecule has 2 N–H and O–H groups in total. The Labute approximate surface area is 130 Å². The molecule has 0 saturated carbocycles. The fourth-order valence-electron chi connectivity index (χ4n) is 1.90. The zero-order valence-electron chi connectivity index (χ0n) is 10.7. The molecule has 3 nitrogen and oxygen atoms in total. The summed E-state index contributed by atoms with van der Waals surface area (Å²) in [5.74, 6) is -0.978. The highest BCUT2D eigenvalue weighted by molar-refractivity contribution is 9.10. The molecule has 0 bridgehead atoms. The lowest BCUT2D eigenvalue weighted by atomic mass is 10.1. The van der Waals surface area contributed by atoms with E-state index >= 15 is 0 Å². The Morgan fingerprint density at radius 3 is 2.65 bits per heavy atom. The predicted octanol–water partition coefficient (Wildman–Crippen LogP) is 4.65. The summed E-state index contributed by atoms with van der Waals surface area (Å²) >= 11 is 9.45. The maximum atomic E-state index is 11.5. The van der Waals surface area contributed by atoms with Crippen LogP contribution in [0, 0.1) is 6.92 Å². The lowest BCUT2D eigenvalue weighted by Gasteiger charge is -2.19. The maximum absolute atomic E-state index is 11.5. The second kappa shape index (κ2) is 6.29. The minimum atomic E-state index is -0.978. The van der Waals surface area contributed by atoms with Crippen LogP contribution in [0.5, 0.6) is 0 Å². The summed E-state index contributed by atoms with van der Waals surface area (Å²) in [7, 11) is 0. The zero-order chi connectivity index (χ0) is 14.7. The number of anilines is 1. The summed E-state index contributed by atoms with van der Waals surface area (Å²) in [6, 6.07) is 11.8. The van der Waals surface area contributed by atoms with Gasteiger partial charge in [0.15, 0.2) is 6.04 Å². The number of benzene rings is 2. The number of rotatable bonds is 4. The average Bonchev–Trinajstić information content (AvgIpc) is 2.40. The molecule has 0 fully saturated rings. The molecular formula is C15H13BrClNO2. The third kappa shape index (κ3) is 3.32. The van der Waals surface area contributed by atoms with E-state index in [9.17, 15) is 9.90 Å². The molecule has 1 unspecified atom stereocenters. The van der Waals surface area contributed by atoms with Crippen molar-refractivity contribution in [2.45, 2.75) is 13.0 Å². The number of carbonyl (C=O) groups is 1. The van der Waals surface area contributed by atoms with E-state index in [0.717, 1.165) is 15.7 Å². The van der Waals surface area contributed by atoms with Crippen LogP contribution >= 0.6 is 27.5 Å². The van der Waals surface area contributed by atoms with E-state index in [1.54, 1.807) is 18.2 Å².